The largest absolute Gasteiger partial charge is 0.496 e. The maximum atomic E-state index is 12.9. The number of amides is 1. The Hall–Kier alpha value is -3.60. The van der Waals surface area contributed by atoms with Crippen molar-refractivity contribution in [3.63, 3.8) is 0 Å². The number of ether oxygens (including phenoxy) is 1. The molecule has 0 saturated carbocycles. The van der Waals surface area contributed by atoms with Gasteiger partial charge in [0.1, 0.15) is 11.4 Å². The molecular weight excluding hydrogens is 386 g/mol. The van der Waals surface area contributed by atoms with Crippen molar-refractivity contribution in [3.8, 4) is 17.0 Å². The molecule has 0 unspecified atom stereocenters. The van der Waals surface area contributed by atoms with Crippen LogP contribution >= 0.6 is 0 Å². The van der Waals surface area contributed by atoms with Gasteiger partial charge in [-0.15, -0.1) is 0 Å². The lowest BCUT2D eigenvalue weighted by Gasteiger charge is -2.11. The summed E-state index contributed by atoms with van der Waals surface area (Å²) in [4.78, 5) is 17.8. The number of methoxy groups -OCH3 is 1. The third kappa shape index (κ3) is 4.17. The lowest BCUT2D eigenvalue weighted by atomic mass is 10.0. The first-order chi connectivity index (χ1) is 15.0. The predicted octanol–water partition coefficient (Wildman–Crippen LogP) is 4.79. The van der Waals surface area contributed by atoms with E-state index in [1.807, 2.05) is 53.9 Å². The van der Waals surface area contributed by atoms with E-state index in [0.29, 0.717) is 6.54 Å². The summed E-state index contributed by atoms with van der Waals surface area (Å²) in [5.74, 6) is 0.711. The summed E-state index contributed by atoms with van der Waals surface area (Å²) in [6.45, 7) is 6.65. The number of nitrogens with one attached hydrogen (secondary N) is 1. The molecule has 4 aromatic rings. The van der Waals surface area contributed by atoms with Crippen LogP contribution in [-0.2, 0) is 17.8 Å². The summed E-state index contributed by atoms with van der Waals surface area (Å²) in [6.07, 6.45) is 2.21. The standard InChI is InChI=1S/C26H27N3O2/c1-17-11-12-20(14-19(17)3)25-22(29-13-7-8-18(2)26(29)28-25)15-24(30)27-16-21-9-5-6-10-23(21)31-4/h5-14H,15-16H2,1-4H3,(H,27,30). The van der Waals surface area contributed by atoms with Gasteiger partial charge >= 0.3 is 0 Å². The van der Waals surface area contributed by atoms with Crippen LogP contribution in [0.25, 0.3) is 16.9 Å². The molecule has 0 aliphatic heterocycles. The second-order valence-corrected chi connectivity index (χ2v) is 7.86. The number of hydrogen-bond acceptors (Lipinski definition) is 3. The van der Waals surface area contributed by atoms with Gasteiger partial charge in [0, 0.05) is 23.9 Å². The number of nitrogens with zero attached hydrogens (tertiary/aromatic N) is 2. The van der Waals surface area contributed by atoms with Gasteiger partial charge in [-0.1, -0.05) is 36.4 Å². The van der Waals surface area contributed by atoms with Crippen LogP contribution in [0.4, 0.5) is 0 Å². The highest BCUT2D eigenvalue weighted by Gasteiger charge is 2.18. The zero-order valence-corrected chi connectivity index (χ0v) is 18.4. The summed E-state index contributed by atoms with van der Waals surface area (Å²) < 4.78 is 7.42. The molecule has 0 atom stereocenters. The van der Waals surface area contributed by atoms with Crippen LogP contribution in [0.3, 0.4) is 0 Å². The molecule has 158 valence electrons. The average molecular weight is 414 g/mol. The molecule has 0 saturated heterocycles. The summed E-state index contributed by atoms with van der Waals surface area (Å²) in [6, 6.07) is 18.1. The zero-order chi connectivity index (χ0) is 22.0. The summed E-state index contributed by atoms with van der Waals surface area (Å²) in [7, 11) is 1.64. The quantitative estimate of drug-likeness (QED) is 0.494. The van der Waals surface area contributed by atoms with Crippen molar-refractivity contribution in [2.75, 3.05) is 7.11 Å². The molecule has 5 heteroatoms. The number of imidazole rings is 1. The van der Waals surface area contributed by atoms with Gasteiger partial charge in [-0.05, 0) is 55.7 Å². The number of aromatic nitrogens is 2. The van der Waals surface area contributed by atoms with Gasteiger partial charge in [0.05, 0.1) is 24.9 Å². The first-order valence-electron chi connectivity index (χ1n) is 10.4. The second-order valence-electron chi connectivity index (χ2n) is 7.86. The van der Waals surface area contributed by atoms with Crippen LogP contribution in [0, 0.1) is 20.8 Å². The van der Waals surface area contributed by atoms with Gasteiger partial charge in [-0.2, -0.15) is 0 Å². The van der Waals surface area contributed by atoms with E-state index in [4.69, 9.17) is 9.72 Å². The predicted molar refractivity (Wildman–Crippen MR) is 123 cm³/mol. The average Bonchev–Trinajstić information content (AvgIpc) is 3.14. The number of fused-ring (bicyclic) bond motifs is 1. The highest BCUT2D eigenvalue weighted by atomic mass is 16.5. The highest BCUT2D eigenvalue weighted by Crippen LogP contribution is 2.28. The maximum absolute atomic E-state index is 12.9. The molecule has 2 aromatic heterocycles. The number of carbonyl (C=O) groups excluding carboxylic acids is 1. The number of benzene rings is 2. The van der Waals surface area contributed by atoms with E-state index in [9.17, 15) is 4.79 Å². The first-order valence-corrected chi connectivity index (χ1v) is 10.4. The third-order valence-corrected chi connectivity index (χ3v) is 5.72. The number of rotatable bonds is 6. The van der Waals surface area contributed by atoms with Crippen LogP contribution in [0.2, 0.25) is 0 Å². The molecule has 1 N–H and O–H groups in total. The van der Waals surface area contributed by atoms with Crippen molar-refractivity contribution in [1.82, 2.24) is 14.7 Å². The molecule has 1 amide bonds. The molecule has 31 heavy (non-hydrogen) atoms. The molecule has 0 aliphatic rings. The Labute approximate surface area is 182 Å². The minimum atomic E-state index is -0.0562. The van der Waals surface area contributed by atoms with Crippen LogP contribution in [0.15, 0.2) is 60.8 Å². The van der Waals surface area contributed by atoms with Gasteiger partial charge in [-0.25, -0.2) is 4.98 Å². The molecule has 2 aromatic carbocycles. The van der Waals surface area contributed by atoms with E-state index in [2.05, 4.69) is 37.4 Å². The highest BCUT2D eigenvalue weighted by molar-refractivity contribution is 5.82. The van der Waals surface area contributed by atoms with E-state index < -0.39 is 0 Å². The number of carbonyl (C=O) groups is 1. The number of hydrogen-bond donors (Lipinski definition) is 1. The molecule has 0 fully saturated rings. The van der Waals surface area contributed by atoms with Crippen molar-refractivity contribution >= 4 is 11.6 Å². The van der Waals surface area contributed by atoms with Gasteiger partial charge in [0.2, 0.25) is 5.91 Å². The van der Waals surface area contributed by atoms with E-state index in [-0.39, 0.29) is 12.3 Å². The van der Waals surface area contributed by atoms with Crippen molar-refractivity contribution in [1.29, 1.82) is 0 Å². The van der Waals surface area contributed by atoms with Crippen molar-refractivity contribution in [3.05, 3.63) is 88.7 Å². The summed E-state index contributed by atoms with van der Waals surface area (Å²) in [5.41, 5.74) is 8.11. The fourth-order valence-corrected chi connectivity index (χ4v) is 3.80. The minimum absolute atomic E-state index is 0.0562. The lowest BCUT2D eigenvalue weighted by molar-refractivity contribution is -0.120. The SMILES string of the molecule is COc1ccccc1CNC(=O)Cc1c(-c2ccc(C)c(C)c2)nc2c(C)cccn12. The zero-order valence-electron chi connectivity index (χ0n) is 18.4. The Bertz CT molecular complexity index is 1260. The van der Waals surface area contributed by atoms with E-state index in [1.165, 1.54) is 11.1 Å². The van der Waals surface area contributed by atoms with E-state index in [0.717, 1.165) is 39.5 Å². The molecule has 0 aliphatic carbocycles. The number of aryl methyl sites for hydroxylation is 3. The monoisotopic (exact) mass is 413 g/mol. The fourth-order valence-electron chi connectivity index (χ4n) is 3.80. The van der Waals surface area contributed by atoms with Gasteiger partial charge in [-0.3, -0.25) is 4.79 Å². The molecular formula is C26H27N3O2. The Morgan fingerprint density at radius 2 is 1.81 bits per heavy atom. The van der Waals surface area contributed by atoms with Crippen molar-refractivity contribution < 1.29 is 9.53 Å². The first kappa shape index (κ1) is 20.7. The molecule has 0 spiro atoms. The smallest absolute Gasteiger partial charge is 0.226 e. The van der Waals surface area contributed by atoms with Gasteiger partial charge in [0.15, 0.2) is 0 Å². The maximum Gasteiger partial charge on any atom is 0.226 e. The number of para-hydroxylation sites is 1. The van der Waals surface area contributed by atoms with Crippen LogP contribution in [0.1, 0.15) is 27.9 Å². The second kappa shape index (κ2) is 8.64. The van der Waals surface area contributed by atoms with Crippen molar-refractivity contribution in [2.24, 2.45) is 0 Å². The Kier molecular flexibility index (Phi) is 5.76. The van der Waals surface area contributed by atoms with Crippen molar-refractivity contribution in [2.45, 2.75) is 33.7 Å². The minimum Gasteiger partial charge on any atom is -0.496 e. The Balaban J connectivity index is 1.66. The number of pyridine rings is 1. The third-order valence-electron chi connectivity index (χ3n) is 5.72. The van der Waals surface area contributed by atoms with E-state index in [1.54, 1.807) is 7.11 Å². The molecule has 0 bridgehead atoms. The molecule has 4 rings (SSSR count). The van der Waals surface area contributed by atoms with Gasteiger partial charge < -0.3 is 14.5 Å². The summed E-state index contributed by atoms with van der Waals surface area (Å²) in [5, 5.41) is 3.03. The summed E-state index contributed by atoms with van der Waals surface area (Å²) >= 11 is 0. The molecule has 5 nitrogen and oxygen atoms in total. The van der Waals surface area contributed by atoms with E-state index >= 15 is 0 Å². The Morgan fingerprint density at radius 3 is 2.58 bits per heavy atom. The fraction of sp³-hybridized carbons (Fsp3) is 0.231. The van der Waals surface area contributed by atoms with Crippen LogP contribution in [0.5, 0.6) is 5.75 Å². The lowest BCUT2D eigenvalue weighted by Crippen LogP contribution is -2.25. The Morgan fingerprint density at radius 1 is 1.00 bits per heavy atom. The van der Waals surface area contributed by atoms with Crippen LogP contribution < -0.4 is 10.1 Å². The molecule has 0 radical (unpaired) electrons. The van der Waals surface area contributed by atoms with Gasteiger partial charge in [0.25, 0.3) is 0 Å². The topological polar surface area (TPSA) is 55.6 Å². The normalized spacial score (nSPS) is 11.0. The molecule has 2 heterocycles. The van der Waals surface area contributed by atoms with Crippen LogP contribution in [-0.4, -0.2) is 22.4 Å².